The van der Waals surface area contributed by atoms with Crippen LogP contribution in [-0.2, 0) is 0 Å². The van der Waals surface area contributed by atoms with Crippen LogP contribution in [-0.4, -0.2) is 16.0 Å². The molecule has 2 nitrogen and oxygen atoms in total. The van der Waals surface area contributed by atoms with Crippen LogP contribution in [0.15, 0.2) is 24.3 Å². The van der Waals surface area contributed by atoms with Crippen LogP contribution in [0.4, 0.5) is 0 Å². The fourth-order valence-corrected chi connectivity index (χ4v) is 1.37. The third kappa shape index (κ3) is 1.75. The predicted molar refractivity (Wildman–Crippen MR) is 61.4 cm³/mol. The number of nitrogens with one attached hydrogen (secondary N) is 1. The first-order valence-corrected chi connectivity index (χ1v) is 5.08. The number of hydrogen-bond acceptors (Lipinski definition) is 2. The molecule has 0 saturated heterocycles. The SMILES string of the molecule is SCCC#Cc1[nH]nc2ccccc12. The summed E-state index contributed by atoms with van der Waals surface area (Å²) in [5.41, 5.74) is 1.85. The number of nitrogens with zero attached hydrogens (tertiary/aromatic N) is 1. The van der Waals surface area contributed by atoms with Crippen LogP contribution in [0.25, 0.3) is 10.9 Å². The van der Waals surface area contributed by atoms with Crippen molar-refractivity contribution in [3.8, 4) is 11.8 Å². The molecule has 0 aliphatic carbocycles. The average Bonchev–Trinajstić information content (AvgIpc) is 2.63. The lowest BCUT2D eigenvalue weighted by atomic mass is 10.2. The fraction of sp³-hybridized carbons (Fsp3) is 0.182. The number of rotatable bonds is 1. The lowest BCUT2D eigenvalue weighted by Gasteiger charge is -1.85. The van der Waals surface area contributed by atoms with Crippen LogP contribution in [0.2, 0.25) is 0 Å². The van der Waals surface area contributed by atoms with E-state index in [4.69, 9.17) is 0 Å². The highest BCUT2D eigenvalue weighted by Gasteiger charge is 1.99. The molecule has 2 rings (SSSR count). The number of thiol groups is 1. The second-order valence-electron chi connectivity index (χ2n) is 2.89. The maximum absolute atomic E-state index is 4.15. The second-order valence-corrected chi connectivity index (χ2v) is 3.34. The van der Waals surface area contributed by atoms with E-state index >= 15 is 0 Å². The lowest BCUT2D eigenvalue weighted by Crippen LogP contribution is -1.75. The van der Waals surface area contributed by atoms with Gasteiger partial charge in [0.15, 0.2) is 0 Å². The van der Waals surface area contributed by atoms with Crippen molar-refractivity contribution in [3.63, 3.8) is 0 Å². The van der Waals surface area contributed by atoms with Crippen LogP contribution in [0.1, 0.15) is 12.1 Å². The largest absolute Gasteiger partial charge is 0.269 e. The molecular formula is C11H10N2S. The quantitative estimate of drug-likeness (QED) is 0.539. The first-order valence-electron chi connectivity index (χ1n) is 4.44. The van der Waals surface area contributed by atoms with Gasteiger partial charge in [-0.2, -0.15) is 17.7 Å². The van der Waals surface area contributed by atoms with Gasteiger partial charge in [-0.05, 0) is 18.1 Å². The molecule has 14 heavy (non-hydrogen) atoms. The first kappa shape index (κ1) is 9.17. The van der Waals surface area contributed by atoms with E-state index in [0.29, 0.717) is 0 Å². The van der Waals surface area contributed by atoms with Crippen molar-refractivity contribution in [2.75, 3.05) is 5.75 Å². The minimum absolute atomic E-state index is 0.791. The highest BCUT2D eigenvalue weighted by Crippen LogP contribution is 2.13. The normalized spacial score (nSPS) is 9.79. The molecule has 0 aliphatic rings. The second kappa shape index (κ2) is 4.21. The van der Waals surface area contributed by atoms with Gasteiger partial charge in [-0.25, -0.2) is 0 Å². The fourth-order valence-electron chi connectivity index (χ4n) is 1.26. The molecule has 1 heterocycles. The zero-order chi connectivity index (χ0) is 9.80. The number of para-hydroxylation sites is 1. The Hall–Kier alpha value is -1.40. The Morgan fingerprint density at radius 3 is 3.07 bits per heavy atom. The van der Waals surface area contributed by atoms with Crippen molar-refractivity contribution >= 4 is 23.5 Å². The highest BCUT2D eigenvalue weighted by molar-refractivity contribution is 7.80. The summed E-state index contributed by atoms with van der Waals surface area (Å²) in [6, 6.07) is 7.94. The third-order valence-electron chi connectivity index (χ3n) is 1.91. The summed E-state index contributed by atoms with van der Waals surface area (Å²) in [5, 5.41) is 8.16. The van der Waals surface area contributed by atoms with Gasteiger partial charge in [0.1, 0.15) is 5.69 Å². The molecule has 1 aromatic carbocycles. The molecule has 0 bridgehead atoms. The van der Waals surface area contributed by atoms with Gasteiger partial charge in [0.25, 0.3) is 0 Å². The summed E-state index contributed by atoms with van der Waals surface area (Å²) in [4.78, 5) is 0. The van der Waals surface area contributed by atoms with Crippen LogP contribution in [0, 0.1) is 11.8 Å². The summed E-state index contributed by atoms with van der Waals surface area (Å²) in [6.07, 6.45) is 0.802. The van der Waals surface area contributed by atoms with E-state index in [1.165, 1.54) is 0 Å². The van der Waals surface area contributed by atoms with Crippen LogP contribution >= 0.6 is 12.6 Å². The third-order valence-corrected chi connectivity index (χ3v) is 2.14. The van der Waals surface area contributed by atoms with Crippen molar-refractivity contribution in [2.24, 2.45) is 0 Å². The van der Waals surface area contributed by atoms with Gasteiger partial charge in [0.05, 0.1) is 5.52 Å². The van der Waals surface area contributed by atoms with Gasteiger partial charge in [0.2, 0.25) is 0 Å². The van der Waals surface area contributed by atoms with Crippen molar-refractivity contribution < 1.29 is 0 Å². The monoisotopic (exact) mass is 202 g/mol. The van der Waals surface area contributed by atoms with E-state index in [1.54, 1.807) is 0 Å². The van der Waals surface area contributed by atoms with Gasteiger partial charge in [-0.1, -0.05) is 18.1 Å². The average molecular weight is 202 g/mol. The molecule has 70 valence electrons. The van der Waals surface area contributed by atoms with Gasteiger partial charge < -0.3 is 0 Å². The maximum Gasteiger partial charge on any atom is 0.115 e. The smallest absolute Gasteiger partial charge is 0.115 e. The minimum atomic E-state index is 0.791. The zero-order valence-electron chi connectivity index (χ0n) is 7.62. The van der Waals surface area contributed by atoms with E-state index in [-0.39, 0.29) is 0 Å². The lowest BCUT2D eigenvalue weighted by molar-refractivity contribution is 1.10. The summed E-state index contributed by atoms with van der Waals surface area (Å²) >= 11 is 4.10. The predicted octanol–water partition coefficient (Wildman–Crippen LogP) is 2.23. The van der Waals surface area contributed by atoms with Gasteiger partial charge in [0, 0.05) is 17.6 Å². The number of fused-ring (bicyclic) bond motifs is 1. The molecule has 1 aromatic heterocycles. The number of aromatic amines is 1. The molecule has 1 N–H and O–H groups in total. The van der Waals surface area contributed by atoms with Crippen LogP contribution < -0.4 is 0 Å². The molecule has 0 amide bonds. The molecule has 0 radical (unpaired) electrons. The van der Waals surface area contributed by atoms with Gasteiger partial charge in [-0.3, -0.25) is 5.10 Å². The van der Waals surface area contributed by atoms with E-state index < -0.39 is 0 Å². The molecule has 0 fully saturated rings. The van der Waals surface area contributed by atoms with E-state index in [9.17, 15) is 0 Å². The van der Waals surface area contributed by atoms with Crippen LogP contribution in [0.5, 0.6) is 0 Å². The maximum atomic E-state index is 4.15. The Labute approximate surface area is 88.1 Å². The van der Waals surface area contributed by atoms with Crippen LogP contribution in [0.3, 0.4) is 0 Å². The Kier molecular flexibility index (Phi) is 2.76. The summed E-state index contributed by atoms with van der Waals surface area (Å²) in [7, 11) is 0. The highest BCUT2D eigenvalue weighted by atomic mass is 32.1. The van der Waals surface area contributed by atoms with Gasteiger partial charge in [-0.15, -0.1) is 0 Å². The number of H-pyrrole nitrogens is 1. The number of aromatic nitrogens is 2. The van der Waals surface area contributed by atoms with E-state index in [2.05, 4.69) is 34.7 Å². The topological polar surface area (TPSA) is 28.7 Å². The Balaban J connectivity index is 2.40. The first-order chi connectivity index (χ1) is 6.92. The van der Waals surface area contributed by atoms with E-state index in [1.807, 2.05) is 24.3 Å². The van der Waals surface area contributed by atoms with Gasteiger partial charge >= 0.3 is 0 Å². The summed E-state index contributed by atoms with van der Waals surface area (Å²) in [6.45, 7) is 0. The molecule has 2 aromatic rings. The zero-order valence-corrected chi connectivity index (χ0v) is 8.51. The molecule has 0 unspecified atom stereocenters. The number of benzene rings is 1. The molecule has 0 aliphatic heterocycles. The molecule has 0 atom stereocenters. The van der Waals surface area contributed by atoms with Crippen molar-refractivity contribution in [3.05, 3.63) is 30.0 Å². The molecule has 0 saturated carbocycles. The Bertz CT molecular complexity index is 490. The van der Waals surface area contributed by atoms with E-state index in [0.717, 1.165) is 28.8 Å². The standard InChI is InChI=1S/C11H10N2S/c14-8-4-3-7-11-9-5-1-2-6-10(9)12-13-11/h1-2,5-6,14H,4,8H2,(H,12,13). The Morgan fingerprint density at radius 2 is 2.21 bits per heavy atom. The molecular weight excluding hydrogens is 192 g/mol. The Morgan fingerprint density at radius 1 is 1.36 bits per heavy atom. The number of hydrogen-bond donors (Lipinski definition) is 2. The summed E-state index contributed by atoms with van der Waals surface area (Å²) < 4.78 is 0. The summed E-state index contributed by atoms with van der Waals surface area (Å²) in [5.74, 6) is 6.87. The van der Waals surface area contributed by atoms with Crippen molar-refractivity contribution in [1.29, 1.82) is 0 Å². The molecule has 0 spiro atoms. The minimum Gasteiger partial charge on any atom is -0.269 e. The molecule has 3 heteroatoms. The van der Waals surface area contributed by atoms with Crippen molar-refractivity contribution in [2.45, 2.75) is 6.42 Å². The van der Waals surface area contributed by atoms with Crippen molar-refractivity contribution in [1.82, 2.24) is 10.2 Å².